The number of benzene rings is 2. The van der Waals surface area contributed by atoms with Gasteiger partial charge in [-0.1, -0.05) is 24.3 Å². The van der Waals surface area contributed by atoms with E-state index in [1.807, 2.05) is 98.8 Å². The van der Waals surface area contributed by atoms with Crippen LogP contribution in [0.15, 0.2) is 79.4 Å². The summed E-state index contributed by atoms with van der Waals surface area (Å²) in [5.41, 5.74) is 3.22. The second-order valence-electron chi connectivity index (χ2n) is 15.3. The Labute approximate surface area is 428 Å². The van der Waals surface area contributed by atoms with Crippen molar-refractivity contribution in [1.82, 2.24) is 40.0 Å². The van der Waals surface area contributed by atoms with Crippen molar-refractivity contribution in [3.63, 3.8) is 0 Å². The Balaban J connectivity index is 0.000000219. The number of halogens is 2. The van der Waals surface area contributed by atoms with Crippen molar-refractivity contribution >= 4 is 81.6 Å². The summed E-state index contributed by atoms with van der Waals surface area (Å²) in [4.78, 5) is 46.5. The molecule has 69 heavy (non-hydrogen) atoms. The lowest BCUT2D eigenvalue weighted by Gasteiger charge is -2.32. The fraction of sp³-hybridized carbons (Fsp3) is 0.391. The van der Waals surface area contributed by atoms with E-state index in [1.54, 1.807) is 75.9 Å². The zero-order valence-corrected chi connectivity index (χ0v) is 44.5. The summed E-state index contributed by atoms with van der Waals surface area (Å²) in [5, 5.41) is 21.0. The molecule has 370 valence electrons. The molecule has 0 bridgehead atoms. The number of esters is 4. The molecule has 23 heteroatoms. The highest BCUT2D eigenvalue weighted by Crippen LogP contribution is 2.37. The molecule has 1 saturated heterocycles. The number of rotatable bonds is 15. The van der Waals surface area contributed by atoms with Crippen LogP contribution in [0.25, 0.3) is 0 Å². The first-order valence-corrected chi connectivity index (χ1v) is 23.8. The predicted molar refractivity (Wildman–Crippen MR) is 271 cm³/mol. The van der Waals surface area contributed by atoms with Crippen LogP contribution in [-0.2, 0) is 41.3 Å². The van der Waals surface area contributed by atoms with E-state index in [-0.39, 0.29) is 24.5 Å². The number of H-pyrrole nitrogens is 2. The van der Waals surface area contributed by atoms with Gasteiger partial charge in [0, 0.05) is 17.9 Å². The average molecular weight is 1180 g/mol. The number of ether oxygens (including phenoxy) is 6. The summed E-state index contributed by atoms with van der Waals surface area (Å²) in [6, 6.07) is 16.8. The van der Waals surface area contributed by atoms with Gasteiger partial charge in [0.1, 0.15) is 22.9 Å². The SMILES string of the molecule is CCOC(=O)c1[nH]ncc1I.CCOC(=O)c1c(B2OC(C)(C)C(C)(C)O2)cnn1Cc1ccc(OC)cc1.CCOC(=O)c1c(I)cnn1Cc1ccc(OC)cc1.CCOC(=O)c1ccn[nH]1. The molecule has 0 amide bonds. The maximum absolute atomic E-state index is 12.7. The first-order chi connectivity index (χ1) is 32.9. The standard InChI is InChI=1S/C20H27BN2O5.C14H15IN2O3.C6H7IN2O2.C6H8N2O2/c1-7-26-18(24)17-16(21-27-19(2,3)20(4,5)28-21)12-22-23(17)13-14-8-10-15(25-6)11-9-14;1-3-20-14(18)13-12(15)8-16-17(13)9-10-4-6-11(19-2)7-5-10;1-2-11-6(10)5-4(7)3-8-9-5;1-2-10-6(9)5-3-4-7-8-5/h8-12H,7,13H2,1-6H3;4-8H,3,9H2,1-2H3;3H,2H2,1H3,(H,8,9);3-4H,2H2,1H3,(H,7,8). The smallest absolute Gasteiger partial charge is 0.497 e. The topological polar surface area (TPSA) is 235 Å². The summed E-state index contributed by atoms with van der Waals surface area (Å²) in [7, 11) is 2.57. The lowest BCUT2D eigenvalue weighted by atomic mass is 9.79. The van der Waals surface area contributed by atoms with Gasteiger partial charge in [-0.3, -0.25) is 19.6 Å². The Morgan fingerprint density at radius 3 is 1.51 bits per heavy atom. The van der Waals surface area contributed by atoms with Gasteiger partial charge in [0.25, 0.3) is 0 Å². The van der Waals surface area contributed by atoms with Gasteiger partial charge in [-0.15, -0.1) is 0 Å². The number of aromatic amines is 2. The average Bonchev–Trinajstić information content (AvgIpc) is 4.18. The van der Waals surface area contributed by atoms with Crippen LogP contribution >= 0.6 is 45.2 Å². The van der Waals surface area contributed by atoms with Gasteiger partial charge < -0.3 is 37.7 Å². The van der Waals surface area contributed by atoms with Crippen LogP contribution in [0, 0.1) is 7.14 Å². The third kappa shape index (κ3) is 15.6. The largest absolute Gasteiger partial charge is 0.498 e. The molecule has 5 heterocycles. The molecule has 2 aromatic carbocycles. The van der Waals surface area contributed by atoms with Crippen LogP contribution in [0.4, 0.5) is 0 Å². The Kier molecular flexibility index (Phi) is 21.7. The number of aromatic nitrogens is 8. The number of carbonyl (C=O) groups is 4. The molecule has 20 nitrogen and oxygen atoms in total. The van der Waals surface area contributed by atoms with Crippen LogP contribution in [0.2, 0.25) is 0 Å². The van der Waals surface area contributed by atoms with Gasteiger partial charge in [0.15, 0.2) is 11.4 Å². The van der Waals surface area contributed by atoms with Gasteiger partial charge in [0.05, 0.1) is 84.5 Å². The van der Waals surface area contributed by atoms with Gasteiger partial charge in [-0.2, -0.15) is 20.4 Å². The molecule has 1 aliphatic heterocycles. The Morgan fingerprint density at radius 1 is 0.594 bits per heavy atom. The van der Waals surface area contributed by atoms with Gasteiger partial charge in [-0.25, -0.2) is 19.2 Å². The lowest BCUT2D eigenvalue weighted by Crippen LogP contribution is -2.41. The summed E-state index contributed by atoms with van der Waals surface area (Å²) in [6.07, 6.45) is 6.37. The highest BCUT2D eigenvalue weighted by atomic mass is 127. The predicted octanol–water partition coefficient (Wildman–Crippen LogP) is 6.91. The molecule has 0 radical (unpaired) electrons. The molecule has 7 rings (SSSR count). The summed E-state index contributed by atoms with van der Waals surface area (Å²) < 4.78 is 47.1. The quantitative estimate of drug-likeness (QED) is 0.0460. The van der Waals surface area contributed by atoms with Crippen molar-refractivity contribution in [2.45, 2.75) is 79.7 Å². The second kappa shape index (κ2) is 26.8. The minimum atomic E-state index is -0.686. The Hall–Kier alpha value is -5.80. The number of hydrogen-bond donors (Lipinski definition) is 2. The summed E-state index contributed by atoms with van der Waals surface area (Å²) in [5.74, 6) is 0.0673. The molecule has 4 aromatic heterocycles. The maximum Gasteiger partial charge on any atom is 0.498 e. The van der Waals surface area contributed by atoms with Crippen molar-refractivity contribution < 1.29 is 56.9 Å². The minimum absolute atomic E-state index is 0.273. The van der Waals surface area contributed by atoms with Crippen LogP contribution in [0.5, 0.6) is 11.5 Å². The third-order valence-electron chi connectivity index (χ3n) is 10.2. The number of nitrogens with zero attached hydrogens (tertiary/aromatic N) is 6. The van der Waals surface area contributed by atoms with Crippen LogP contribution in [-0.4, -0.2) is 123 Å². The second-order valence-corrected chi connectivity index (χ2v) is 17.7. The summed E-state index contributed by atoms with van der Waals surface area (Å²) in [6.45, 7) is 17.3. The van der Waals surface area contributed by atoms with E-state index in [0.717, 1.165) is 29.8 Å². The first-order valence-electron chi connectivity index (χ1n) is 21.7. The highest BCUT2D eigenvalue weighted by molar-refractivity contribution is 14.1. The molecule has 0 saturated carbocycles. The molecule has 6 aromatic rings. The van der Waals surface area contributed by atoms with E-state index in [9.17, 15) is 19.2 Å². The highest BCUT2D eigenvalue weighted by Gasteiger charge is 2.53. The molecular formula is C46H57BI2N8O12. The minimum Gasteiger partial charge on any atom is -0.497 e. The van der Waals surface area contributed by atoms with E-state index < -0.39 is 24.3 Å². The fourth-order valence-electron chi connectivity index (χ4n) is 5.97. The van der Waals surface area contributed by atoms with E-state index in [1.165, 1.54) is 6.20 Å². The van der Waals surface area contributed by atoms with E-state index in [0.29, 0.717) is 61.1 Å². The molecule has 0 atom stereocenters. The van der Waals surface area contributed by atoms with E-state index in [2.05, 4.69) is 57.9 Å². The molecule has 1 fully saturated rings. The monoisotopic (exact) mass is 1180 g/mol. The molecule has 0 aliphatic carbocycles. The number of methoxy groups -OCH3 is 2. The van der Waals surface area contributed by atoms with Gasteiger partial charge in [-0.05, 0) is 142 Å². The van der Waals surface area contributed by atoms with Crippen molar-refractivity contribution in [3.05, 3.63) is 120 Å². The van der Waals surface area contributed by atoms with Gasteiger partial charge >= 0.3 is 31.0 Å². The first kappa shape index (κ1) is 55.8. The van der Waals surface area contributed by atoms with Crippen LogP contribution in [0.1, 0.15) is 108 Å². The number of nitrogens with one attached hydrogen (secondary N) is 2. The van der Waals surface area contributed by atoms with Crippen LogP contribution in [0.3, 0.4) is 0 Å². The van der Waals surface area contributed by atoms with Crippen molar-refractivity contribution in [1.29, 1.82) is 0 Å². The maximum atomic E-state index is 12.7. The Bertz CT molecular complexity index is 2550. The van der Waals surface area contributed by atoms with Crippen LogP contribution < -0.4 is 14.9 Å². The Morgan fingerprint density at radius 2 is 1.06 bits per heavy atom. The van der Waals surface area contributed by atoms with Crippen molar-refractivity contribution in [2.24, 2.45) is 0 Å². The van der Waals surface area contributed by atoms with Crippen molar-refractivity contribution in [2.75, 3.05) is 40.6 Å². The molecule has 0 unspecified atom stereocenters. The molecule has 1 aliphatic rings. The molecule has 0 spiro atoms. The molecular weight excluding hydrogens is 1120 g/mol. The number of hydrogen-bond acceptors (Lipinski definition) is 16. The third-order valence-corrected chi connectivity index (χ3v) is 11.8. The lowest BCUT2D eigenvalue weighted by molar-refractivity contribution is 0.00578. The summed E-state index contributed by atoms with van der Waals surface area (Å²) >= 11 is 4.10. The zero-order valence-electron chi connectivity index (χ0n) is 40.2. The van der Waals surface area contributed by atoms with E-state index >= 15 is 0 Å². The van der Waals surface area contributed by atoms with Crippen molar-refractivity contribution in [3.8, 4) is 11.5 Å². The molecule has 2 N–H and O–H groups in total. The number of carbonyl (C=O) groups excluding carboxylic acids is 4. The van der Waals surface area contributed by atoms with E-state index in [4.69, 9.17) is 33.0 Å². The fourth-order valence-corrected chi connectivity index (χ4v) is 7.08. The zero-order chi connectivity index (χ0) is 50.7. The normalized spacial score (nSPS) is 13.0. The van der Waals surface area contributed by atoms with Gasteiger partial charge in [0.2, 0.25) is 0 Å².